The van der Waals surface area contributed by atoms with E-state index in [0.29, 0.717) is 31.0 Å². The Labute approximate surface area is 211 Å². The Morgan fingerprint density at radius 3 is 2.61 bits per heavy atom. The summed E-state index contributed by atoms with van der Waals surface area (Å²) in [7, 11) is 0. The molecular weight excluding hydrogens is 454 g/mol. The average molecular weight is 486 g/mol. The van der Waals surface area contributed by atoms with E-state index < -0.39 is 17.7 Å². The maximum Gasteiger partial charge on any atom is 0.295 e. The number of fused-ring (bicyclic) bond motifs is 1. The fourth-order valence-corrected chi connectivity index (χ4v) is 5.09. The van der Waals surface area contributed by atoms with Gasteiger partial charge in [0.1, 0.15) is 17.6 Å². The van der Waals surface area contributed by atoms with Crippen molar-refractivity contribution in [3.63, 3.8) is 0 Å². The first-order valence-electron chi connectivity index (χ1n) is 12.5. The first-order valence-corrected chi connectivity index (χ1v) is 12.5. The number of likely N-dealkylation sites (tertiary alicyclic amines) is 1. The number of carbonyl (C=O) groups is 2. The number of rotatable bonds is 7. The minimum atomic E-state index is -0.655. The number of ketones is 1. The molecule has 2 aliphatic rings. The topological polar surface area (TPSA) is 84.7 Å². The van der Waals surface area contributed by atoms with Gasteiger partial charge in [0, 0.05) is 37.5 Å². The molecule has 2 atom stereocenters. The molecule has 0 saturated carbocycles. The van der Waals surface area contributed by atoms with E-state index in [-0.39, 0.29) is 17.4 Å². The Morgan fingerprint density at radius 1 is 1.14 bits per heavy atom. The van der Waals surface area contributed by atoms with E-state index >= 15 is 0 Å². The van der Waals surface area contributed by atoms with Crippen LogP contribution in [0.2, 0.25) is 0 Å². The van der Waals surface area contributed by atoms with Crippen LogP contribution in [0.15, 0.2) is 66.8 Å². The van der Waals surface area contributed by atoms with Crippen LogP contribution in [0.1, 0.15) is 61.4 Å². The van der Waals surface area contributed by atoms with Crippen molar-refractivity contribution in [3.8, 4) is 5.75 Å². The molecule has 3 heterocycles. The van der Waals surface area contributed by atoms with Crippen LogP contribution < -0.4 is 4.74 Å². The van der Waals surface area contributed by atoms with Crippen molar-refractivity contribution in [2.24, 2.45) is 0 Å². The molecule has 1 aromatic heterocycles. The summed E-state index contributed by atoms with van der Waals surface area (Å²) in [4.78, 5) is 32.2. The van der Waals surface area contributed by atoms with Gasteiger partial charge in [0.2, 0.25) is 0 Å². The zero-order valence-electron chi connectivity index (χ0n) is 20.8. The van der Waals surface area contributed by atoms with Gasteiger partial charge >= 0.3 is 0 Å². The van der Waals surface area contributed by atoms with Gasteiger partial charge in [-0.3, -0.25) is 9.59 Å². The van der Waals surface area contributed by atoms with Gasteiger partial charge in [-0.05, 0) is 54.2 Å². The van der Waals surface area contributed by atoms with Crippen molar-refractivity contribution in [2.75, 3.05) is 6.54 Å². The summed E-state index contributed by atoms with van der Waals surface area (Å²) in [6.07, 6.45) is 6.77. The summed E-state index contributed by atoms with van der Waals surface area (Å²) in [6.45, 7) is 7.29. The van der Waals surface area contributed by atoms with Gasteiger partial charge in [-0.2, -0.15) is 0 Å². The van der Waals surface area contributed by atoms with Gasteiger partial charge in [0.25, 0.3) is 11.7 Å². The summed E-state index contributed by atoms with van der Waals surface area (Å²) in [5, 5.41) is 11.4. The van der Waals surface area contributed by atoms with Crippen molar-refractivity contribution in [2.45, 2.75) is 58.2 Å². The molecule has 5 rings (SSSR count). The predicted octanol–water partition coefficient (Wildman–Crippen LogP) is 4.84. The van der Waals surface area contributed by atoms with E-state index in [4.69, 9.17) is 4.74 Å². The van der Waals surface area contributed by atoms with Crippen molar-refractivity contribution in [1.29, 1.82) is 0 Å². The normalized spacial score (nSPS) is 20.7. The van der Waals surface area contributed by atoms with Gasteiger partial charge in [0.05, 0.1) is 17.9 Å². The summed E-state index contributed by atoms with van der Waals surface area (Å²) in [5.74, 6) is -0.237. The second-order valence-corrected chi connectivity index (χ2v) is 9.92. The molecule has 0 spiro atoms. The molecule has 0 bridgehead atoms. The van der Waals surface area contributed by atoms with Crippen LogP contribution in [0.4, 0.5) is 0 Å². The number of hydrogen-bond acceptors (Lipinski definition) is 5. The number of aromatic nitrogens is 2. The number of Topliss-reactive ketones (excluding diaryl/α,β-unsaturated/α-hetero) is 1. The molecule has 0 aliphatic carbocycles. The minimum Gasteiger partial charge on any atom is -0.507 e. The highest BCUT2D eigenvalue weighted by atomic mass is 16.5. The minimum absolute atomic E-state index is 0.0675. The molecule has 1 amide bonds. The Bertz CT molecular complexity index is 1310. The number of ether oxygens (including phenoxy) is 1. The fraction of sp³-hybridized carbons (Fsp3) is 0.345. The SMILES string of the molecule is CC1Cc2cc(/C(O)=C3\C(=O)C(=O)N(CCCn4ccnc4)C3c3ccc(C(C)C)cc3)ccc2O1. The van der Waals surface area contributed by atoms with E-state index in [1.54, 1.807) is 23.5 Å². The van der Waals surface area contributed by atoms with Gasteiger partial charge in [-0.25, -0.2) is 4.98 Å². The van der Waals surface area contributed by atoms with Crippen LogP contribution in [0.25, 0.3) is 5.76 Å². The highest BCUT2D eigenvalue weighted by Gasteiger charge is 2.45. The first-order chi connectivity index (χ1) is 17.3. The van der Waals surface area contributed by atoms with Crippen molar-refractivity contribution in [1.82, 2.24) is 14.5 Å². The quantitative estimate of drug-likeness (QED) is 0.294. The summed E-state index contributed by atoms with van der Waals surface area (Å²) >= 11 is 0. The molecule has 2 aromatic carbocycles. The van der Waals surface area contributed by atoms with E-state index in [9.17, 15) is 14.7 Å². The second-order valence-electron chi connectivity index (χ2n) is 9.92. The Balaban J connectivity index is 1.53. The number of aliphatic hydroxyl groups is 1. The third-order valence-electron chi connectivity index (χ3n) is 7.00. The first kappa shape index (κ1) is 23.9. The highest BCUT2D eigenvalue weighted by molar-refractivity contribution is 6.46. The molecule has 0 radical (unpaired) electrons. The molecule has 7 nitrogen and oxygen atoms in total. The van der Waals surface area contributed by atoms with Gasteiger partial charge < -0.3 is 19.3 Å². The van der Waals surface area contributed by atoms with Gasteiger partial charge in [-0.1, -0.05) is 38.1 Å². The molecule has 186 valence electrons. The van der Waals surface area contributed by atoms with Crippen molar-refractivity contribution < 1.29 is 19.4 Å². The number of amides is 1. The van der Waals surface area contributed by atoms with Crippen LogP contribution in [-0.2, 0) is 22.6 Å². The number of imidazole rings is 1. The molecular formula is C29H31N3O4. The Hall–Kier alpha value is -3.87. The van der Waals surface area contributed by atoms with Crippen LogP contribution in [0.5, 0.6) is 5.75 Å². The zero-order chi connectivity index (χ0) is 25.4. The number of carbonyl (C=O) groups excluding carboxylic acids is 2. The summed E-state index contributed by atoms with van der Waals surface area (Å²) < 4.78 is 7.73. The van der Waals surface area contributed by atoms with Crippen LogP contribution in [0, 0.1) is 0 Å². The highest BCUT2D eigenvalue weighted by Crippen LogP contribution is 2.41. The second kappa shape index (κ2) is 9.64. The molecule has 7 heteroatoms. The third-order valence-corrected chi connectivity index (χ3v) is 7.00. The average Bonchev–Trinajstić information content (AvgIpc) is 3.57. The van der Waals surface area contributed by atoms with Crippen LogP contribution in [-0.4, -0.2) is 43.9 Å². The van der Waals surface area contributed by atoms with Crippen LogP contribution in [0.3, 0.4) is 0 Å². The molecule has 1 saturated heterocycles. The van der Waals surface area contributed by atoms with Gasteiger partial charge in [-0.15, -0.1) is 0 Å². The number of hydrogen-bond donors (Lipinski definition) is 1. The predicted molar refractivity (Wildman–Crippen MR) is 137 cm³/mol. The number of aliphatic hydroxyl groups excluding tert-OH is 1. The van der Waals surface area contributed by atoms with Gasteiger partial charge in [0.15, 0.2) is 0 Å². The molecule has 1 fully saturated rings. The number of aryl methyl sites for hydroxylation is 1. The molecule has 1 N–H and O–H groups in total. The molecule has 2 aliphatic heterocycles. The largest absolute Gasteiger partial charge is 0.507 e. The van der Waals surface area contributed by atoms with Crippen molar-refractivity contribution in [3.05, 3.63) is 89.0 Å². The van der Waals surface area contributed by atoms with E-state index in [2.05, 4.69) is 18.8 Å². The number of benzene rings is 2. The van der Waals surface area contributed by atoms with Crippen molar-refractivity contribution >= 4 is 17.4 Å². The molecule has 3 aromatic rings. The van der Waals surface area contributed by atoms with E-state index in [0.717, 1.165) is 23.3 Å². The monoisotopic (exact) mass is 485 g/mol. The maximum absolute atomic E-state index is 13.3. The Kier molecular flexibility index (Phi) is 6.39. The summed E-state index contributed by atoms with van der Waals surface area (Å²) in [6, 6.07) is 12.7. The lowest BCUT2D eigenvalue weighted by atomic mass is 9.92. The van der Waals surface area contributed by atoms with E-state index in [1.165, 1.54) is 5.56 Å². The standard InChI is InChI=1S/C29H31N3O4/c1-18(2)20-5-7-21(8-6-20)26-25(27(33)22-9-10-24-23(16-22)15-19(3)36-24)28(34)29(35)32(26)13-4-12-31-14-11-30-17-31/h5-11,14,16-19,26,33H,4,12-13,15H2,1-3H3/b27-25+. The third kappa shape index (κ3) is 4.41. The lowest BCUT2D eigenvalue weighted by molar-refractivity contribution is -0.139. The van der Waals surface area contributed by atoms with E-state index in [1.807, 2.05) is 54.1 Å². The zero-order valence-corrected chi connectivity index (χ0v) is 20.8. The lowest BCUT2D eigenvalue weighted by Crippen LogP contribution is -2.31. The molecule has 36 heavy (non-hydrogen) atoms. The fourth-order valence-electron chi connectivity index (χ4n) is 5.09. The summed E-state index contributed by atoms with van der Waals surface area (Å²) in [5.41, 5.74) is 3.61. The number of nitrogens with zero attached hydrogens (tertiary/aromatic N) is 3. The Morgan fingerprint density at radius 2 is 1.92 bits per heavy atom. The van der Waals surface area contributed by atoms with Crippen LogP contribution >= 0.6 is 0 Å². The lowest BCUT2D eigenvalue weighted by Gasteiger charge is -2.26. The smallest absolute Gasteiger partial charge is 0.295 e. The molecule has 2 unspecified atom stereocenters. The maximum atomic E-state index is 13.3.